The third kappa shape index (κ3) is 7.81. The summed E-state index contributed by atoms with van der Waals surface area (Å²) < 4.78 is 40.8. The first kappa shape index (κ1) is 16.8. The maximum absolute atomic E-state index is 11.9. The molecule has 0 bridgehead atoms. The lowest BCUT2D eigenvalue weighted by Gasteiger charge is -2.09. The molecule has 0 fully saturated rings. The third-order valence-electron chi connectivity index (χ3n) is 2.39. The minimum atomic E-state index is -4.36. The van der Waals surface area contributed by atoms with Gasteiger partial charge < -0.3 is 15.2 Å². The number of carbonyl (C=O) groups excluding carboxylic acids is 1. The quantitative estimate of drug-likeness (QED) is 0.809. The zero-order valence-electron chi connectivity index (χ0n) is 10.9. The molecule has 21 heavy (non-hydrogen) atoms. The van der Waals surface area contributed by atoms with Crippen LogP contribution in [0.1, 0.15) is 18.4 Å². The number of halogens is 3. The molecule has 0 saturated carbocycles. The Morgan fingerprint density at radius 3 is 2.62 bits per heavy atom. The highest BCUT2D eigenvalue weighted by Gasteiger charge is 2.27. The normalized spacial score (nSPS) is 11.0. The molecule has 2 N–H and O–H groups in total. The van der Waals surface area contributed by atoms with Gasteiger partial charge in [-0.3, -0.25) is 4.79 Å². The molecule has 116 valence electrons. The van der Waals surface area contributed by atoms with E-state index in [4.69, 9.17) is 9.84 Å². The molecule has 0 spiro atoms. The second-order valence-corrected chi connectivity index (χ2v) is 4.22. The molecule has 0 aliphatic carbocycles. The second kappa shape index (κ2) is 7.51. The Hall–Kier alpha value is -2.25. The minimum absolute atomic E-state index is 0.0426. The van der Waals surface area contributed by atoms with Crippen molar-refractivity contribution < 1.29 is 32.6 Å². The van der Waals surface area contributed by atoms with Crippen LogP contribution in [0.2, 0.25) is 0 Å². The molecule has 1 aromatic carbocycles. The van der Waals surface area contributed by atoms with E-state index >= 15 is 0 Å². The lowest BCUT2D eigenvalue weighted by atomic mass is 10.2. The fourth-order valence-electron chi connectivity index (χ4n) is 1.43. The van der Waals surface area contributed by atoms with Gasteiger partial charge in [0.05, 0.1) is 6.42 Å². The first-order valence-corrected chi connectivity index (χ1v) is 6.03. The average Bonchev–Trinajstić information content (AvgIpc) is 2.40. The minimum Gasteiger partial charge on any atom is -0.482 e. The molecule has 8 heteroatoms. The Kier molecular flexibility index (Phi) is 6.01. The van der Waals surface area contributed by atoms with Crippen molar-refractivity contribution in [3.05, 3.63) is 29.8 Å². The summed E-state index contributed by atoms with van der Waals surface area (Å²) in [6.45, 7) is -0.456. The Morgan fingerprint density at radius 2 is 2.00 bits per heavy atom. The molecule has 0 atom stereocenters. The van der Waals surface area contributed by atoms with Crippen LogP contribution >= 0.6 is 0 Å². The maximum Gasteiger partial charge on any atom is 0.389 e. The van der Waals surface area contributed by atoms with Crippen molar-refractivity contribution in [1.29, 1.82) is 0 Å². The topological polar surface area (TPSA) is 75.6 Å². The van der Waals surface area contributed by atoms with Gasteiger partial charge in [-0.05, 0) is 17.7 Å². The Labute approximate surface area is 118 Å². The summed E-state index contributed by atoms with van der Waals surface area (Å²) in [5.74, 6) is -1.52. The first-order chi connectivity index (χ1) is 9.76. The van der Waals surface area contributed by atoms with Gasteiger partial charge in [-0.2, -0.15) is 13.2 Å². The zero-order valence-corrected chi connectivity index (χ0v) is 10.9. The molecule has 5 nitrogen and oxygen atoms in total. The summed E-state index contributed by atoms with van der Waals surface area (Å²) in [4.78, 5) is 21.6. The highest BCUT2D eigenvalue weighted by molar-refractivity contribution is 5.75. The van der Waals surface area contributed by atoms with Crippen LogP contribution in [0.25, 0.3) is 0 Å². The number of hydrogen-bond acceptors (Lipinski definition) is 3. The monoisotopic (exact) mass is 305 g/mol. The molecule has 0 saturated heterocycles. The van der Waals surface area contributed by atoms with Gasteiger partial charge in [0.2, 0.25) is 5.91 Å². The molecular weight excluding hydrogens is 291 g/mol. The molecule has 1 aromatic rings. The van der Waals surface area contributed by atoms with Gasteiger partial charge in [-0.15, -0.1) is 0 Å². The van der Waals surface area contributed by atoms with Crippen molar-refractivity contribution >= 4 is 11.9 Å². The summed E-state index contributed by atoms with van der Waals surface area (Å²) in [6, 6.07) is 6.27. The molecular formula is C13H14F3NO4. The van der Waals surface area contributed by atoms with Crippen molar-refractivity contribution in [3.8, 4) is 5.75 Å². The van der Waals surface area contributed by atoms with E-state index in [1.165, 1.54) is 12.1 Å². The number of alkyl halides is 3. The number of nitrogens with one attached hydrogen (secondary N) is 1. The van der Waals surface area contributed by atoms with Crippen LogP contribution in [-0.4, -0.2) is 29.8 Å². The molecule has 0 heterocycles. The van der Waals surface area contributed by atoms with Crippen molar-refractivity contribution in [3.63, 3.8) is 0 Å². The maximum atomic E-state index is 11.9. The van der Waals surface area contributed by atoms with Crippen LogP contribution in [-0.2, 0) is 16.1 Å². The highest BCUT2D eigenvalue weighted by atomic mass is 19.4. The van der Waals surface area contributed by atoms with E-state index in [-0.39, 0.29) is 6.54 Å². The zero-order chi connectivity index (χ0) is 15.9. The molecule has 0 aliphatic rings. The van der Waals surface area contributed by atoms with E-state index in [1.54, 1.807) is 12.1 Å². The standard InChI is InChI=1S/C13H14F3NO4/c14-13(15,16)5-4-11(18)17-7-9-2-1-3-10(6-9)21-8-12(19)20/h1-3,6H,4-5,7-8H2,(H,17,18)(H,19,20). The fraction of sp³-hybridized carbons (Fsp3) is 0.385. The number of rotatable bonds is 7. The number of carboxylic acids is 1. The smallest absolute Gasteiger partial charge is 0.389 e. The summed E-state index contributed by atoms with van der Waals surface area (Å²) in [5.41, 5.74) is 0.596. The number of carbonyl (C=O) groups is 2. The number of aliphatic carboxylic acids is 1. The molecule has 0 unspecified atom stereocenters. The van der Waals surface area contributed by atoms with E-state index < -0.39 is 37.5 Å². The van der Waals surface area contributed by atoms with Gasteiger partial charge in [-0.25, -0.2) is 4.79 Å². The van der Waals surface area contributed by atoms with Gasteiger partial charge in [0.25, 0.3) is 0 Å². The van der Waals surface area contributed by atoms with E-state index in [9.17, 15) is 22.8 Å². The van der Waals surface area contributed by atoms with Crippen LogP contribution in [0.15, 0.2) is 24.3 Å². The lowest BCUT2D eigenvalue weighted by Crippen LogP contribution is -2.24. The largest absolute Gasteiger partial charge is 0.482 e. The van der Waals surface area contributed by atoms with Crippen molar-refractivity contribution in [2.75, 3.05) is 6.61 Å². The van der Waals surface area contributed by atoms with Crippen molar-refractivity contribution in [1.82, 2.24) is 5.32 Å². The predicted molar refractivity (Wildman–Crippen MR) is 66.7 cm³/mol. The van der Waals surface area contributed by atoms with Gasteiger partial charge in [0, 0.05) is 13.0 Å². The summed E-state index contributed by atoms with van der Waals surface area (Å²) in [5, 5.41) is 10.8. The number of hydrogen-bond donors (Lipinski definition) is 2. The second-order valence-electron chi connectivity index (χ2n) is 4.22. The Bertz CT molecular complexity index is 502. The summed E-state index contributed by atoms with van der Waals surface area (Å²) in [6.07, 6.45) is -6.15. The van der Waals surface area contributed by atoms with E-state index in [0.29, 0.717) is 11.3 Å². The van der Waals surface area contributed by atoms with Crippen LogP contribution in [0.5, 0.6) is 5.75 Å². The fourth-order valence-corrected chi connectivity index (χ4v) is 1.43. The Morgan fingerprint density at radius 1 is 1.29 bits per heavy atom. The van der Waals surface area contributed by atoms with Gasteiger partial charge in [0.15, 0.2) is 6.61 Å². The van der Waals surface area contributed by atoms with Gasteiger partial charge in [-0.1, -0.05) is 12.1 Å². The van der Waals surface area contributed by atoms with Crippen LogP contribution in [0, 0.1) is 0 Å². The summed E-state index contributed by atoms with van der Waals surface area (Å²) in [7, 11) is 0. The summed E-state index contributed by atoms with van der Waals surface area (Å²) >= 11 is 0. The highest BCUT2D eigenvalue weighted by Crippen LogP contribution is 2.21. The Balaban J connectivity index is 2.42. The molecule has 0 aliphatic heterocycles. The number of benzene rings is 1. The first-order valence-electron chi connectivity index (χ1n) is 6.03. The van der Waals surface area contributed by atoms with Crippen molar-refractivity contribution in [2.45, 2.75) is 25.6 Å². The van der Waals surface area contributed by atoms with E-state index in [1.807, 2.05) is 0 Å². The number of ether oxygens (including phenoxy) is 1. The average molecular weight is 305 g/mol. The number of amides is 1. The SMILES string of the molecule is O=C(O)COc1cccc(CNC(=O)CCC(F)(F)F)c1. The third-order valence-corrected chi connectivity index (χ3v) is 2.39. The molecule has 0 aromatic heterocycles. The van der Waals surface area contributed by atoms with E-state index in [0.717, 1.165) is 0 Å². The lowest BCUT2D eigenvalue weighted by molar-refractivity contribution is -0.144. The predicted octanol–water partition coefficient (Wildman–Crippen LogP) is 2.11. The van der Waals surface area contributed by atoms with Gasteiger partial charge >= 0.3 is 12.1 Å². The number of carboxylic acid groups (broad SMARTS) is 1. The van der Waals surface area contributed by atoms with Crippen LogP contribution < -0.4 is 10.1 Å². The van der Waals surface area contributed by atoms with Crippen LogP contribution in [0.3, 0.4) is 0 Å². The van der Waals surface area contributed by atoms with Crippen LogP contribution in [0.4, 0.5) is 13.2 Å². The molecule has 1 rings (SSSR count). The van der Waals surface area contributed by atoms with Crippen molar-refractivity contribution in [2.24, 2.45) is 0 Å². The van der Waals surface area contributed by atoms with E-state index in [2.05, 4.69) is 5.32 Å². The molecule has 0 radical (unpaired) electrons. The molecule has 1 amide bonds. The van der Waals surface area contributed by atoms with Gasteiger partial charge in [0.1, 0.15) is 5.75 Å².